The number of hydrogen-bond donors (Lipinski definition) is 1. The molecule has 1 N–H and O–H groups in total. The van der Waals surface area contributed by atoms with Crippen molar-refractivity contribution < 1.29 is 9.84 Å². The molecule has 134 valence electrons. The molecule has 1 rings (SSSR count). The van der Waals surface area contributed by atoms with Crippen molar-refractivity contribution in [2.24, 2.45) is 0 Å². The lowest BCUT2D eigenvalue weighted by Crippen LogP contribution is -2.44. The minimum Gasteiger partial charge on any atom is -0.382 e. The second-order valence-electron chi connectivity index (χ2n) is 8.70. The van der Waals surface area contributed by atoms with Crippen LogP contribution in [0.2, 0.25) is 19.6 Å². The van der Waals surface area contributed by atoms with Crippen LogP contribution < -0.4 is 0 Å². The molecule has 0 bridgehead atoms. The molecule has 3 heteroatoms. The minimum absolute atomic E-state index is 0.358. The van der Waals surface area contributed by atoms with Crippen LogP contribution >= 0.6 is 0 Å². The molecular weight excluding hydrogens is 312 g/mol. The summed E-state index contributed by atoms with van der Waals surface area (Å²) in [6.07, 6.45) is 2.20. The van der Waals surface area contributed by atoms with Crippen molar-refractivity contribution in [2.75, 3.05) is 0 Å². The highest BCUT2D eigenvalue weighted by molar-refractivity contribution is 6.81. The molecule has 0 unspecified atom stereocenters. The van der Waals surface area contributed by atoms with Crippen LogP contribution in [-0.2, 0) is 10.3 Å². The molecule has 0 amide bonds. The van der Waals surface area contributed by atoms with Crippen molar-refractivity contribution in [3.8, 4) is 0 Å². The van der Waals surface area contributed by atoms with Gasteiger partial charge in [0.2, 0.25) is 0 Å². The van der Waals surface area contributed by atoms with E-state index in [9.17, 15) is 5.11 Å². The van der Waals surface area contributed by atoms with Gasteiger partial charge in [-0.1, -0.05) is 61.7 Å². The molecular formula is C21H34O2Si. The van der Waals surface area contributed by atoms with Crippen LogP contribution in [0.1, 0.15) is 39.7 Å². The average molecular weight is 347 g/mol. The van der Waals surface area contributed by atoms with Gasteiger partial charge in [-0.15, -0.1) is 6.58 Å². The van der Waals surface area contributed by atoms with Crippen molar-refractivity contribution in [2.45, 2.75) is 71.1 Å². The quantitative estimate of drug-likeness (QED) is 0.525. The first-order valence-corrected chi connectivity index (χ1v) is 12.2. The van der Waals surface area contributed by atoms with E-state index >= 15 is 0 Å². The molecule has 24 heavy (non-hydrogen) atoms. The maximum atomic E-state index is 11.4. The van der Waals surface area contributed by atoms with Crippen LogP contribution in [0.4, 0.5) is 0 Å². The standard InChI is InChI=1S/C21H34O2Si/c1-9-13-17(16-24(6,7)8)19(23-20(2,3)4)21(5,22)18-14-11-10-12-15-18/h9-12,14-16,19,22H,1,13H2,2-8H3/b17-16+/t19-,21+/m1/s1. The van der Waals surface area contributed by atoms with E-state index < -0.39 is 19.8 Å². The second kappa shape index (κ2) is 7.81. The monoisotopic (exact) mass is 346 g/mol. The molecule has 2 atom stereocenters. The molecule has 0 radical (unpaired) electrons. The molecule has 0 fully saturated rings. The zero-order valence-corrected chi connectivity index (χ0v) is 17.4. The van der Waals surface area contributed by atoms with E-state index in [2.05, 4.69) is 31.9 Å². The Kier molecular flexibility index (Phi) is 6.80. The molecule has 0 spiro atoms. The Bertz CT molecular complexity index is 560. The van der Waals surface area contributed by atoms with Gasteiger partial charge in [-0.05, 0) is 45.3 Å². The second-order valence-corrected chi connectivity index (χ2v) is 13.7. The Labute approximate surface area is 149 Å². The van der Waals surface area contributed by atoms with E-state index in [1.165, 1.54) is 0 Å². The number of allylic oxidation sites excluding steroid dienone is 1. The summed E-state index contributed by atoms with van der Waals surface area (Å²) < 4.78 is 6.37. The van der Waals surface area contributed by atoms with Crippen LogP contribution in [0.5, 0.6) is 0 Å². The van der Waals surface area contributed by atoms with Crippen LogP contribution in [-0.4, -0.2) is 24.9 Å². The third-order valence-corrected chi connectivity index (χ3v) is 4.91. The Hall–Kier alpha value is -1.16. The smallest absolute Gasteiger partial charge is 0.117 e. The molecule has 1 aromatic rings. The lowest BCUT2D eigenvalue weighted by molar-refractivity contribution is -0.139. The van der Waals surface area contributed by atoms with Gasteiger partial charge in [0.15, 0.2) is 0 Å². The Balaban J connectivity index is 3.43. The first-order chi connectivity index (χ1) is 10.9. The van der Waals surface area contributed by atoms with Crippen molar-refractivity contribution in [1.82, 2.24) is 0 Å². The van der Waals surface area contributed by atoms with Crippen LogP contribution in [0, 0.1) is 0 Å². The van der Waals surface area contributed by atoms with Crippen molar-refractivity contribution >= 4 is 8.07 Å². The average Bonchev–Trinajstić information content (AvgIpc) is 2.43. The van der Waals surface area contributed by atoms with E-state index in [1.54, 1.807) is 0 Å². The normalized spacial score (nSPS) is 17.2. The molecule has 0 aromatic heterocycles. The number of benzene rings is 1. The molecule has 0 saturated heterocycles. The molecule has 0 aliphatic carbocycles. The van der Waals surface area contributed by atoms with E-state index in [-0.39, 0.29) is 5.60 Å². The first kappa shape index (κ1) is 20.9. The van der Waals surface area contributed by atoms with E-state index in [4.69, 9.17) is 4.74 Å². The number of aliphatic hydroxyl groups is 1. The van der Waals surface area contributed by atoms with Gasteiger partial charge in [0.25, 0.3) is 0 Å². The third kappa shape index (κ3) is 6.38. The van der Waals surface area contributed by atoms with Gasteiger partial charge in [-0.25, -0.2) is 0 Å². The topological polar surface area (TPSA) is 29.5 Å². The molecule has 0 aliphatic heterocycles. The van der Waals surface area contributed by atoms with Gasteiger partial charge in [-0.2, -0.15) is 0 Å². The Morgan fingerprint density at radius 3 is 2.12 bits per heavy atom. The van der Waals surface area contributed by atoms with Gasteiger partial charge < -0.3 is 9.84 Å². The maximum Gasteiger partial charge on any atom is 0.117 e. The largest absolute Gasteiger partial charge is 0.382 e. The summed E-state index contributed by atoms with van der Waals surface area (Å²) in [6.45, 7) is 18.7. The zero-order valence-electron chi connectivity index (χ0n) is 16.4. The number of ether oxygens (including phenoxy) is 1. The van der Waals surface area contributed by atoms with Gasteiger partial charge in [0.1, 0.15) is 11.7 Å². The minimum atomic E-state index is -1.48. The maximum absolute atomic E-state index is 11.4. The highest BCUT2D eigenvalue weighted by Gasteiger charge is 2.39. The molecule has 1 aromatic carbocycles. The van der Waals surface area contributed by atoms with Crippen molar-refractivity contribution in [1.29, 1.82) is 0 Å². The predicted octanol–water partition coefficient (Wildman–Crippen LogP) is 5.46. The highest BCUT2D eigenvalue weighted by Crippen LogP contribution is 2.35. The van der Waals surface area contributed by atoms with Gasteiger partial charge >= 0.3 is 0 Å². The highest BCUT2D eigenvalue weighted by atomic mass is 28.3. The Morgan fingerprint density at radius 2 is 1.71 bits per heavy atom. The number of rotatable bonds is 7. The summed E-state index contributed by atoms with van der Waals surface area (Å²) in [5.41, 5.74) is 2.85. The molecule has 0 heterocycles. The van der Waals surface area contributed by atoms with Crippen molar-refractivity contribution in [3.05, 3.63) is 59.8 Å². The Morgan fingerprint density at radius 1 is 1.17 bits per heavy atom. The summed E-state index contributed by atoms with van der Waals surface area (Å²) in [5.74, 6) is 0. The summed E-state index contributed by atoms with van der Waals surface area (Å²) in [6, 6.07) is 9.78. The summed E-state index contributed by atoms with van der Waals surface area (Å²) in [5, 5.41) is 11.4. The first-order valence-electron chi connectivity index (χ1n) is 8.65. The van der Waals surface area contributed by atoms with E-state index in [1.807, 2.05) is 64.1 Å². The van der Waals surface area contributed by atoms with Crippen LogP contribution in [0.3, 0.4) is 0 Å². The third-order valence-electron chi connectivity index (χ3n) is 3.68. The summed E-state index contributed by atoms with van der Waals surface area (Å²) in [4.78, 5) is 0. The summed E-state index contributed by atoms with van der Waals surface area (Å²) >= 11 is 0. The molecule has 2 nitrogen and oxygen atoms in total. The lowest BCUT2D eigenvalue weighted by Gasteiger charge is -2.39. The van der Waals surface area contributed by atoms with Crippen LogP contribution in [0.25, 0.3) is 0 Å². The van der Waals surface area contributed by atoms with Gasteiger partial charge in [-0.3, -0.25) is 0 Å². The van der Waals surface area contributed by atoms with Crippen LogP contribution in [0.15, 0.2) is 54.3 Å². The molecule has 0 saturated carbocycles. The summed E-state index contributed by atoms with van der Waals surface area (Å²) in [7, 11) is -1.48. The van der Waals surface area contributed by atoms with E-state index in [0.717, 1.165) is 11.1 Å². The number of hydrogen-bond acceptors (Lipinski definition) is 2. The lowest BCUT2D eigenvalue weighted by atomic mass is 9.85. The fraction of sp³-hybridized carbons (Fsp3) is 0.524. The van der Waals surface area contributed by atoms with E-state index in [0.29, 0.717) is 6.42 Å². The predicted molar refractivity (Wildman–Crippen MR) is 107 cm³/mol. The zero-order chi connectivity index (χ0) is 18.6. The van der Waals surface area contributed by atoms with Crippen molar-refractivity contribution in [3.63, 3.8) is 0 Å². The molecule has 0 aliphatic rings. The van der Waals surface area contributed by atoms with Gasteiger partial charge in [0, 0.05) is 0 Å². The fourth-order valence-electron chi connectivity index (χ4n) is 2.80. The fourth-order valence-corrected chi connectivity index (χ4v) is 4.18. The van der Waals surface area contributed by atoms with Gasteiger partial charge in [0.05, 0.1) is 13.7 Å². The SMILES string of the molecule is C=CC/C(=C\[Si](C)(C)C)[C@@H](OC(C)(C)C)[C@@](C)(O)c1ccccc1.